The lowest BCUT2D eigenvalue weighted by Crippen LogP contribution is -2.39. The number of carbonyl (C=O) groups is 1. The highest BCUT2D eigenvalue weighted by Crippen LogP contribution is 2.29. The number of hydrogen-bond donors (Lipinski definition) is 0. The molecule has 0 spiro atoms. The monoisotopic (exact) mass is 402 g/mol. The molecule has 0 radical (unpaired) electrons. The van der Waals surface area contributed by atoms with E-state index in [0.29, 0.717) is 11.8 Å². The Labute approximate surface area is 176 Å². The summed E-state index contributed by atoms with van der Waals surface area (Å²) >= 11 is 0. The number of ether oxygens (including phenoxy) is 2. The number of amides is 1. The Morgan fingerprint density at radius 3 is 2.28 bits per heavy atom. The second-order valence-electron chi connectivity index (χ2n) is 8.78. The number of rotatable bonds is 7. The van der Waals surface area contributed by atoms with Crippen molar-refractivity contribution in [1.82, 2.24) is 9.80 Å². The first-order valence-electron chi connectivity index (χ1n) is 11.5. The predicted molar refractivity (Wildman–Crippen MR) is 117 cm³/mol. The van der Waals surface area contributed by atoms with Gasteiger partial charge in [0.1, 0.15) is 5.75 Å². The number of hydrogen-bond acceptors (Lipinski definition) is 4. The van der Waals surface area contributed by atoms with E-state index < -0.39 is 0 Å². The summed E-state index contributed by atoms with van der Waals surface area (Å²) in [5, 5.41) is 0. The van der Waals surface area contributed by atoms with Crippen LogP contribution in [0.2, 0.25) is 0 Å². The van der Waals surface area contributed by atoms with Crippen molar-refractivity contribution >= 4 is 6.09 Å². The molecule has 2 aliphatic rings. The molecule has 0 N–H and O–H groups in total. The number of carbonyl (C=O) groups excluding carboxylic acids is 1. The molecule has 0 saturated carbocycles. The lowest BCUT2D eigenvalue weighted by atomic mass is 9.89. The van der Waals surface area contributed by atoms with E-state index in [0.717, 1.165) is 44.7 Å². The van der Waals surface area contributed by atoms with Crippen LogP contribution < -0.4 is 4.74 Å². The summed E-state index contributed by atoms with van der Waals surface area (Å²) in [6, 6.07) is 8.76. The van der Waals surface area contributed by atoms with Crippen molar-refractivity contribution in [3.8, 4) is 5.75 Å². The first-order valence-corrected chi connectivity index (χ1v) is 11.5. The van der Waals surface area contributed by atoms with Crippen LogP contribution in [0, 0.1) is 5.92 Å². The SMILES string of the molecule is CCN1CCC(c2ccc(OCCC3CCN(C(=O)OC(C)C)CC3)cc2)CC1. The van der Waals surface area contributed by atoms with Crippen molar-refractivity contribution in [1.29, 1.82) is 0 Å². The maximum absolute atomic E-state index is 12.0. The molecule has 2 saturated heterocycles. The highest BCUT2D eigenvalue weighted by molar-refractivity contribution is 5.67. The second kappa shape index (κ2) is 10.9. The van der Waals surface area contributed by atoms with Gasteiger partial charge in [-0.2, -0.15) is 0 Å². The van der Waals surface area contributed by atoms with E-state index in [9.17, 15) is 4.79 Å². The van der Waals surface area contributed by atoms with Gasteiger partial charge < -0.3 is 19.3 Å². The maximum atomic E-state index is 12.0. The minimum absolute atomic E-state index is 0.0517. The van der Waals surface area contributed by atoms with E-state index in [1.54, 1.807) is 0 Å². The summed E-state index contributed by atoms with van der Waals surface area (Å²) in [5.41, 5.74) is 1.45. The molecule has 1 amide bonds. The first-order chi connectivity index (χ1) is 14.0. The third kappa shape index (κ3) is 6.63. The molecular weight excluding hydrogens is 364 g/mol. The number of likely N-dealkylation sites (tertiary alicyclic amines) is 2. The van der Waals surface area contributed by atoms with Crippen LogP contribution in [-0.4, -0.2) is 61.3 Å². The Balaban J connectivity index is 1.34. The van der Waals surface area contributed by atoms with Crippen molar-refractivity contribution in [2.45, 2.75) is 64.9 Å². The average Bonchev–Trinajstić information content (AvgIpc) is 2.74. The van der Waals surface area contributed by atoms with Crippen LogP contribution in [0.3, 0.4) is 0 Å². The molecule has 0 aromatic heterocycles. The topological polar surface area (TPSA) is 42.0 Å². The van der Waals surface area contributed by atoms with Crippen LogP contribution in [0.15, 0.2) is 24.3 Å². The second-order valence-corrected chi connectivity index (χ2v) is 8.78. The maximum Gasteiger partial charge on any atom is 0.410 e. The number of nitrogens with zero attached hydrogens (tertiary/aromatic N) is 2. The fourth-order valence-corrected chi connectivity index (χ4v) is 4.44. The molecule has 2 fully saturated rings. The van der Waals surface area contributed by atoms with E-state index in [4.69, 9.17) is 9.47 Å². The molecule has 1 aromatic rings. The Kier molecular flexibility index (Phi) is 8.22. The van der Waals surface area contributed by atoms with E-state index in [2.05, 4.69) is 36.1 Å². The first kappa shape index (κ1) is 21.9. The summed E-state index contributed by atoms with van der Waals surface area (Å²) in [6.45, 7) is 12.0. The van der Waals surface area contributed by atoms with Crippen LogP contribution >= 0.6 is 0 Å². The van der Waals surface area contributed by atoms with Crippen molar-refractivity contribution < 1.29 is 14.3 Å². The van der Waals surface area contributed by atoms with Crippen molar-refractivity contribution in [3.63, 3.8) is 0 Å². The highest BCUT2D eigenvalue weighted by Gasteiger charge is 2.24. The van der Waals surface area contributed by atoms with Gasteiger partial charge in [-0.25, -0.2) is 4.79 Å². The molecule has 1 aromatic carbocycles. The molecule has 0 atom stereocenters. The minimum Gasteiger partial charge on any atom is -0.494 e. The third-order valence-electron chi connectivity index (χ3n) is 6.39. The summed E-state index contributed by atoms with van der Waals surface area (Å²) in [7, 11) is 0. The van der Waals surface area contributed by atoms with Gasteiger partial charge in [0.05, 0.1) is 12.7 Å². The zero-order chi connectivity index (χ0) is 20.6. The third-order valence-corrected chi connectivity index (χ3v) is 6.39. The summed E-state index contributed by atoms with van der Waals surface area (Å²) in [5.74, 6) is 2.29. The smallest absolute Gasteiger partial charge is 0.410 e. The molecule has 3 rings (SSSR count). The molecule has 0 bridgehead atoms. The predicted octanol–water partition coefficient (Wildman–Crippen LogP) is 4.91. The molecular formula is C24H38N2O3. The average molecular weight is 403 g/mol. The molecule has 0 aliphatic carbocycles. The van der Waals surface area contributed by atoms with Gasteiger partial charge in [0, 0.05) is 13.1 Å². The normalized spacial score (nSPS) is 19.5. The largest absolute Gasteiger partial charge is 0.494 e. The lowest BCUT2D eigenvalue weighted by molar-refractivity contribution is 0.0637. The zero-order valence-corrected chi connectivity index (χ0v) is 18.4. The van der Waals surface area contributed by atoms with Gasteiger partial charge in [-0.15, -0.1) is 0 Å². The fourth-order valence-electron chi connectivity index (χ4n) is 4.44. The highest BCUT2D eigenvalue weighted by atomic mass is 16.6. The van der Waals surface area contributed by atoms with Crippen LogP contribution in [0.4, 0.5) is 4.79 Å². The Morgan fingerprint density at radius 1 is 1.03 bits per heavy atom. The van der Waals surface area contributed by atoms with Crippen molar-refractivity contribution in [2.24, 2.45) is 5.92 Å². The number of benzene rings is 1. The Morgan fingerprint density at radius 2 is 1.69 bits per heavy atom. The van der Waals surface area contributed by atoms with Gasteiger partial charge in [-0.3, -0.25) is 0 Å². The van der Waals surface area contributed by atoms with Crippen LogP contribution in [0.1, 0.15) is 64.4 Å². The molecule has 162 valence electrons. The van der Waals surface area contributed by atoms with Gasteiger partial charge in [0.15, 0.2) is 0 Å². The van der Waals surface area contributed by atoms with E-state index in [1.165, 1.54) is 38.0 Å². The molecule has 29 heavy (non-hydrogen) atoms. The van der Waals surface area contributed by atoms with Gasteiger partial charge in [-0.05, 0) is 95.1 Å². The van der Waals surface area contributed by atoms with Gasteiger partial charge in [0.2, 0.25) is 0 Å². The van der Waals surface area contributed by atoms with Gasteiger partial charge in [0.25, 0.3) is 0 Å². The van der Waals surface area contributed by atoms with Gasteiger partial charge >= 0.3 is 6.09 Å². The van der Waals surface area contributed by atoms with Gasteiger partial charge in [-0.1, -0.05) is 19.1 Å². The van der Waals surface area contributed by atoms with E-state index in [1.807, 2.05) is 18.7 Å². The fraction of sp³-hybridized carbons (Fsp3) is 0.708. The van der Waals surface area contributed by atoms with E-state index >= 15 is 0 Å². The minimum atomic E-state index is -0.171. The molecule has 0 unspecified atom stereocenters. The molecule has 5 heteroatoms. The Hall–Kier alpha value is -1.75. The van der Waals surface area contributed by atoms with E-state index in [-0.39, 0.29) is 12.2 Å². The van der Waals surface area contributed by atoms with Crippen LogP contribution in [-0.2, 0) is 4.74 Å². The quantitative estimate of drug-likeness (QED) is 0.650. The summed E-state index contributed by atoms with van der Waals surface area (Å²) in [6.07, 6.45) is 5.41. The van der Waals surface area contributed by atoms with Crippen molar-refractivity contribution in [3.05, 3.63) is 29.8 Å². The van der Waals surface area contributed by atoms with Crippen molar-refractivity contribution in [2.75, 3.05) is 39.3 Å². The lowest BCUT2D eigenvalue weighted by Gasteiger charge is -2.32. The summed E-state index contributed by atoms with van der Waals surface area (Å²) in [4.78, 5) is 16.3. The van der Waals surface area contributed by atoms with Crippen LogP contribution in [0.25, 0.3) is 0 Å². The standard InChI is InChI=1S/C24H38N2O3/c1-4-25-14-11-22(12-15-25)21-5-7-23(8-6-21)28-18-13-20-9-16-26(17-10-20)24(27)29-19(2)3/h5-8,19-20,22H,4,9-18H2,1-3H3. The molecule has 5 nitrogen and oxygen atoms in total. The molecule has 2 aliphatic heterocycles. The molecule has 2 heterocycles. The van der Waals surface area contributed by atoms with Crippen LogP contribution in [0.5, 0.6) is 5.75 Å². The Bertz CT molecular complexity index is 616. The number of piperidine rings is 2. The zero-order valence-electron chi connectivity index (χ0n) is 18.4. The summed E-state index contributed by atoms with van der Waals surface area (Å²) < 4.78 is 11.3.